The van der Waals surface area contributed by atoms with Gasteiger partial charge in [0.25, 0.3) is 11.5 Å². The molecule has 30 heavy (non-hydrogen) atoms. The molecule has 0 saturated heterocycles. The van der Waals surface area contributed by atoms with E-state index in [1.54, 1.807) is 42.5 Å². The fourth-order valence-electron chi connectivity index (χ4n) is 3.55. The number of aromatic hydroxyl groups is 1. The van der Waals surface area contributed by atoms with Crippen LogP contribution in [-0.4, -0.2) is 39.8 Å². The number of para-hydroxylation sites is 1. The van der Waals surface area contributed by atoms with E-state index in [1.165, 1.54) is 4.57 Å². The SMILES string of the molecule is N#Cc1ccc(C2COc3cccc4c(O)c(C(=O)NCC(=O)O)c(=O)n2c34)cc1. The van der Waals surface area contributed by atoms with Gasteiger partial charge in [-0.15, -0.1) is 0 Å². The highest BCUT2D eigenvalue weighted by Crippen LogP contribution is 2.38. The van der Waals surface area contributed by atoms with Crippen LogP contribution in [0.3, 0.4) is 0 Å². The van der Waals surface area contributed by atoms with E-state index in [0.717, 1.165) is 0 Å². The van der Waals surface area contributed by atoms with Crippen LogP contribution in [0.25, 0.3) is 10.9 Å². The molecule has 1 unspecified atom stereocenters. The van der Waals surface area contributed by atoms with Gasteiger partial charge in [0.2, 0.25) is 0 Å². The maximum absolute atomic E-state index is 13.3. The van der Waals surface area contributed by atoms with E-state index < -0.39 is 41.3 Å². The van der Waals surface area contributed by atoms with Crippen molar-refractivity contribution in [3.8, 4) is 17.6 Å². The molecule has 9 nitrogen and oxygen atoms in total. The third-order valence-corrected chi connectivity index (χ3v) is 4.92. The van der Waals surface area contributed by atoms with E-state index in [9.17, 15) is 19.5 Å². The number of nitrogens with one attached hydrogen (secondary N) is 1. The zero-order chi connectivity index (χ0) is 21.4. The molecule has 0 radical (unpaired) electrons. The molecule has 2 aromatic carbocycles. The molecule has 3 N–H and O–H groups in total. The Balaban J connectivity index is 1.95. The second kappa shape index (κ2) is 7.25. The van der Waals surface area contributed by atoms with Crippen LogP contribution in [0.5, 0.6) is 11.5 Å². The largest absolute Gasteiger partial charge is 0.506 e. The molecule has 150 valence electrons. The highest BCUT2D eigenvalue weighted by molar-refractivity contribution is 6.04. The summed E-state index contributed by atoms with van der Waals surface area (Å²) in [7, 11) is 0. The standard InChI is InChI=1S/C21H15N3O6/c22-8-11-4-6-12(7-5-11)14-10-30-15-3-1-2-13-18(15)24(14)21(29)17(19(13)27)20(28)23-9-16(25)26/h1-7,14,27H,9-10H2,(H,23,28)(H,25,26). The molecular weight excluding hydrogens is 390 g/mol. The number of carbonyl (C=O) groups excluding carboxylic acids is 1. The summed E-state index contributed by atoms with van der Waals surface area (Å²) in [4.78, 5) is 36.6. The van der Waals surface area contributed by atoms with E-state index >= 15 is 0 Å². The van der Waals surface area contributed by atoms with Crippen molar-refractivity contribution in [2.75, 3.05) is 13.2 Å². The van der Waals surface area contributed by atoms with Gasteiger partial charge < -0.3 is 20.3 Å². The maximum Gasteiger partial charge on any atom is 0.322 e. The molecular formula is C21H15N3O6. The second-order valence-corrected chi connectivity index (χ2v) is 6.69. The first-order valence-electron chi connectivity index (χ1n) is 8.95. The van der Waals surface area contributed by atoms with Crippen molar-refractivity contribution < 1.29 is 24.5 Å². The highest BCUT2D eigenvalue weighted by atomic mass is 16.5. The van der Waals surface area contributed by atoms with Crippen LogP contribution in [0.2, 0.25) is 0 Å². The Morgan fingerprint density at radius 3 is 2.63 bits per heavy atom. The van der Waals surface area contributed by atoms with Gasteiger partial charge in [0, 0.05) is 5.39 Å². The molecule has 1 aromatic heterocycles. The molecule has 0 fully saturated rings. The molecule has 0 bridgehead atoms. The normalized spacial score (nSPS) is 14.6. The van der Waals surface area contributed by atoms with Crippen LogP contribution in [0.4, 0.5) is 0 Å². The van der Waals surface area contributed by atoms with E-state index in [-0.39, 0.29) is 12.0 Å². The van der Waals surface area contributed by atoms with Gasteiger partial charge in [-0.1, -0.05) is 18.2 Å². The Hall–Kier alpha value is -4.32. The molecule has 1 aliphatic heterocycles. The number of aromatic nitrogens is 1. The number of aliphatic carboxylic acids is 1. The number of amides is 1. The summed E-state index contributed by atoms with van der Waals surface area (Å²) >= 11 is 0. The number of pyridine rings is 1. The van der Waals surface area contributed by atoms with E-state index in [2.05, 4.69) is 5.32 Å². The highest BCUT2D eigenvalue weighted by Gasteiger charge is 2.31. The molecule has 1 amide bonds. The number of nitriles is 1. The average Bonchev–Trinajstić information content (AvgIpc) is 2.75. The van der Waals surface area contributed by atoms with Gasteiger partial charge in [0.15, 0.2) is 0 Å². The van der Waals surface area contributed by atoms with Crippen molar-refractivity contribution in [1.82, 2.24) is 9.88 Å². The van der Waals surface area contributed by atoms with Gasteiger partial charge in [-0.05, 0) is 29.8 Å². The number of carbonyl (C=O) groups is 2. The van der Waals surface area contributed by atoms with Crippen LogP contribution in [0.15, 0.2) is 47.3 Å². The second-order valence-electron chi connectivity index (χ2n) is 6.69. The number of hydrogen-bond donors (Lipinski definition) is 3. The topological polar surface area (TPSA) is 142 Å². The van der Waals surface area contributed by atoms with Crippen molar-refractivity contribution >= 4 is 22.8 Å². The maximum atomic E-state index is 13.3. The fraction of sp³-hybridized carbons (Fsp3) is 0.143. The summed E-state index contributed by atoms with van der Waals surface area (Å²) in [5, 5.41) is 30.8. The van der Waals surface area contributed by atoms with Gasteiger partial charge in [0.1, 0.15) is 30.2 Å². The van der Waals surface area contributed by atoms with Crippen molar-refractivity contribution in [2.45, 2.75) is 6.04 Å². The number of nitrogens with zero attached hydrogens (tertiary/aromatic N) is 2. The van der Waals surface area contributed by atoms with Gasteiger partial charge in [0.05, 0.1) is 23.2 Å². The lowest BCUT2D eigenvalue weighted by Gasteiger charge is -2.29. The Kier molecular flexibility index (Phi) is 4.60. The summed E-state index contributed by atoms with van der Waals surface area (Å²) in [5.41, 5.74) is 0.146. The third kappa shape index (κ3) is 3.00. The molecule has 0 spiro atoms. The summed E-state index contributed by atoms with van der Waals surface area (Å²) in [6.45, 7) is -0.600. The zero-order valence-electron chi connectivity index (χ0n) is 15.5. The summed E-state index contributed by atoms with van der Waals surface area (Å²) in [6, 6.07) is 12.8. The van der Waals surface area contributed by atoms with Crippen LogP contribution >= 0.6 is 0 Å². The lowest BCUT2D eigenvalue weighted by Crippen LogP contribution is -2.39. The number of ether oxygens (including phenoxy) is 1. The molecule has 2 heterocycles. The van der Waals surface area contributed by atoms with Gasteiger partial charge in [-0.2, -0.15) is 5.26 Å². The van der Waals surface area contributed by atoms with Crippen molar-refractivity contribution in [1.29, 1.82) is 5.26 Å². The fourth-order valence-corrected chi connectivity index (χ4v) is 3.55. The van der Waals surface area contributed by atoms with Gasteiger partial charge in [-0.3, -0.25) is 19.0 Å². The zero-order valence-corrected chi connectivity index (χ0v) is 15.5. The molecule has 1 aliphatic rings. The molecule has 3 aromatic rings. The first kappa shape index (κ1) is 19.0. The van der Waals surface area contributed by atoms with Crippen molar-refractivity contribution in [3.05, 3.63) is 69.5 Å². The number of rotatable bonds is 4. The molecule has 4 rings (SSSR count). The number of hydrogen-bond acceptors (Lipinski definition) is 6. The minimum atomic E-state index is -1.28. The predicted octanol–water partition coefficient (Wildman–Crippen LogP) is 1.37. The minimum Gasteiger partial charge on any atom is -0.506 e. The number of carboxylic acids is 1. The molecule has 0 aliphatic carbocycles. The average molecular weight is 405 g/mol. The van der Waals surface area contributed by atoms with Gasteiger partial charge in [-0.25, -0.2) is 0 Å². The van der Waals surface area contributed by atoms with E-state index in [0.29, 0.717) is 22.4 Å². The smallest absolute Gasteiger partial charge is 0.322 e. The molecule has 1 atom stereocenters. The third-order valence-electron chi connectivity index (χ3n) is 4.92. The van der Waals surface area contributed by atoms with Crippen LogP contribution in [0, 0.1) is 11.3 Å². The summed E-state index contributed by atoms with van der Waals surface area (Å²) in [6.07, 6.45) is 0. The van der Waals surface area contributed by atoms with Crippen LogP contribution in [-0.2, 0) is 4.79 Å². The molecule has 9 heteroatoms. The lowest BCUT2D eigenvalue weighted by atomic mass is 10.0. The Bertz CT molecular complexity index is 1290. The first-order chi connectivity index (χ1) is 14.4. The monoisotopic (exact) mass is 405 g/mol. The van der Waals surface area contributed by atoms with Gasteiger partial charge >= 0.3 is 5.97 Å². The van der Waals surface area contributed by atoms with Crippen LogP contribution in [0.1, 0.15) is 27.5 Å². The Morgan fingerprint density at radius 1 is 1.23 bits per heavy atom. The first-order valence-corrected chi connectivity index (χ1v) is 8.95. The van der Waals surface area contributed by atoms with Crippen LogP contribution < -0.4 is 15.6 Å². The van der Waals surface area contributed by atoms with E-state index in [4.69, 9.17) is 15.1 Å². The minimum absolute atomic E-state index is 0.0961. The van der Waals surface area contributed by atoms with E-state index in [1.807, 2.05) is 6.07 Å². The Morgan fingerprint density at radius 2 is 1.97 bits per heavy atom. The quantitative estimate of drug-likeness (QED) is 0.595. The lowest BCUT2D eigenvalue weighted by molar-refractivity contribution is -0.135. The number of benzene rings is 2. The summed E-state index contributed by atoms with van der Waals surface area (Å²) < 4.78 is 7.16. The van der Waals surface area contributed by atoms with Crippen molar-refractivity contribution in [3.63, 3.8) is 0 Å². The molecule has 0 saturated carbocycles. The number of carboxylic acid groups (broad SMARTS) is 1. The Labute approximate surface area is 169 Å². The predicted molar refractivity (Wildman–Crippen MR) is 105 cm³/mol. The summed E-state index contributed by atoms with van der Waals surface area (Å²) in [5.74, 6) is -2.43. The van der Waals surface area contributed by atoms with Crippen molar-refractivity contribution in [2.24, 2.45) is 0 Å².